The maximum absolute atomic E-state index is 12.4. The molecule has 0 spiro atoms. The molecule has 5 heteroatoms. The van der Waals surface area contributed by atoms with Crippen LogP contribution in [0.4, 0.5) is 0 Å². The molecule has 4 nitrogen and oxygen atoms in total. The molecule has 0 saturated carbocycles. The Morgan fingerprint density at radius 3 is 2.73 bits per heavy atom. The molecule has 0 bridgehead atoms. The van der Waals surface area contributed by atoms with Crippen molar-refractivity contribution in [1.29, 1.82) is 0 Å². The molecule has 0 aromatic heterocycles. The van der Waals surface area contributed by atoms with Crippen LogP contribution < -0.4 is 11.1 Å². The van der Waals surface area contributed by atoms with Gasteiger partial charge >= 0.3 is 0 Å². The molecule has 0 aliphatic carbocycles. The van der Waals surface area contributed by atoms with Gasteiger partial charge in [-0.15, -0.1) is 12.4 Å². The molecule has 1 aliphatic rings. The van der Waals surface area contributed by atoms with Gasteiger partial charge < -0.3 is 15.8 Å². The lowest BCUT2D eigenvalue weighted by atomic mass is 9.88. The normalized spacial score (nSPS) is 22.5. The molecule has 3 N–H and O–H groups in total. The number of carbonyl (C=O) groups excluding carboxylic acids is 1. The molecular formula is C17H27ClN2O2. The van der Waals surface area contributed by atoms with E-state index in [0.29, 0.717) is 6.54 Å². The third-order valence-electron chi connectivity index (χ3n) is 3.96. The van der Waals surface area contributed by atoms with Gasteiger partial charge in [0.15, 0.2) is 0 Å². The molecule has 1 fully saturated rings. The highest BCUT2D eigenvalue weighted by molar-refractivity contribution is 5.85. The number of hydrogen-bond donors (Lipinski definition) is 2. The minimum Gasteiger partial charge on any atom is -0.373 e. The van der Waals surface area contributed by atoms with Crippen molar-refractivity contribution in [3.05, 3.63) is 35.4 Å². The van der Waals surface area contributed by atoms with Gasteiger partial charge in [0.05, 0.1) is 12.0 Å². The Morgan fingerprint density at radius 1 is 1.41 bits per heavy atom. The van der Waals surface area contributed by atoms with Gasteiger partial charge in [-0.2, -0.15) is 0 Å². The lowest BCUT2D eigenvalue weighted by Crippen LogP contribution is -2.39. The van der Waals surface area contributed by atoms with Crippen LogP contribution >= 0.6 is 12.4 Å². The van der Waals surface area contributed by atoms with Crippen molar-refractivity contribution < 1.29 is 9.53 Å². The van der Waals surface area contributed by atoms with Crippen molar-refractivity contribution in [3.63, 3.8) is 0 Å². The molecule has 1 heterocycles. The maximum atomic E-state index is 12.4. The van der Waals surface area contributed by atoms with E-state index in [2.05, 4.69) is 36.5 Å². The van der Waals surface area contributed by atoms with Crippen LogP contribution in [0, 0.1) is 12.8 Å². The highest BCUT2D eigenvalue weighted by Gasteiger charge is 2.32. The van der Waals surface area contributed by atoms with Crippen molar-refractivity contribution in [2.75, 3.05) is 13.2 Å². The van der Waals surface area contributed by atoms with Crippen LogP contribution in [0.25, 0.3) is 0 Å². The van der Waals surface area contributed by atoms with Gasteiger partial charge in [0.1, 0.15) is 0 Å². The summed E-state index contributed by atoms with van der Waals surface area (Å²) in [5.41, 5.74) is 8.02. The lowest BCUT2D eigenvalue weighted by molar-refractivity contribution is -0.134. The Morgan fingerprint density at radius 2 is 2.09 bits per heavy atom. The first-order valence-electron chi connectivity index (χ1n) is 7.79. The SMILES string of the molecule is Cc1ccc(C2OCCCC2C(=O)NCCC(C)N)cc1.Cl. The summed E-state index contributed by atoms with van der Waals surface area (Å²) in [6.07, 6.45) is 2.49. The second-order valence-corrected chi connectivity index (χ2v) is 6.01. The molecule has 1 aliphatic heterocycles. The average Bonchev–Trinajstić information content (AvgIpc) is 2.47. The van der Waals surface area contributed by atoms with Gasteiger partial charge in [-0.05, 0) is 38.7 Å². The topological polar surface area (TPSA) is 64.3 Å². The zero-order chi connectivity index (χ0) is 15.2. The van der Waals surface area contributed by atoms with E-state index in [1.165, 1.54) is 5.56 Å². The number of rotatable bonds is 5. The lowest BCUT2D eigenvalue weighted by Gasteiger charge is -2.31. The van der Waals surface area contributed by atoms with Gasteiger partial charge in [0, 0.05) is 19.2 Å². The van der Waals surface area contributed by atoms with Crippen LogP contribution in [0.2, 0.25) is 0 Å². The van der Waals surface area contributed by atoms with Crippen molar-refractivity contribution in [2.45, 2.75) is 45.3 Å². The second-order valence-electron chi connectivity index (χ2n) is 6.01. The first-order chi connectivity index (χ1) is 10.1. The molecule has 0 radical (unpaired) electrons. The Labute approximate surface area is 139 Å². The van der Waals surface area contributed by atoms with Crippen LogP contribution in [-0.4, -0.2) is 25.1 Å². The van der Waals surface area contributed by atoms with E-state index < -0.39 is 0 Å². The molecule has 22 heavy (non-hydrogen) atoms. The van der Waals surface area contributed by atoms with E-state index in [0.717, 1.165) is 31.4 Å². The van der Waals surface area contributed by atoms with E-state index in [1.807, 2.05) is 6.92 Å². The standard InChI is InChI=1S/C17H26N2O2.ClH/c1-12-5-7-14(8-6-12)16-15(4-3-11-21-16)17(20)19-10-9-13(2)18;/h5-8,13,15-16H,3-4,9-11,18H2,1-2H3,(H,19,20);1H. The maximum Gasteiger partial charge on any atom is 0.226 e. The monoisotopic (exact) mass is 326 g/mol. The minimum atomic E-state index is -0.130. The molecule has 3 atom stereocenters. The second kappa shape index (κ2) is 9.13. The van der Waals surface area contributed by atoms with Crippen LogP contribution in [0.1, 0.15) is 43.4 Å². The Kier molecular flexibility index (Phi) is 7.87. The third kappa shape index (κ3) is 5.27. The van der Waals surface area contributed by atoms with Crippen LogP contribution in [-0.2, 0) is 9.53 Å². The number of carbonyl (C=O) groups is 1. The fourth-order valence-corrected chi connectivity index (χ4v) is 2.69. The highest BCUT2D eigenvalue weighted by atomic mass is 35.5. The van der Waals surface area contributed by atoms with E-state index in [9.17, 15) is 4.79 Å². The van der Waals surface area contributed by atoms with Crippen LogP contribution in [0.15, 0.2) is 24.3 Å². The first-order valence-corrected chi connectivity index (χ1v) is 7.79. The number of nitrogens with one attached hydrogen (secondary N) is 1. The number of nitrogens with two attached hydrogens (primary N) is 1. The van der Waals surface area contributed by atoms with Crippen LogP contribution in [0.3, 0.4) is 0 Å². The number of benzene rings is 1. The third-order valence-corrected chi connectivity index (χ3v) is 3.96. The highest BCUT2D eigenvalue weighted by Crippen LogP contribution is 2.33. The molecular weight excluding hydrogens is 300 g/mol. The molecule has 2 rings (SSSR count). The molecule has 1 aromatic carbocycles. The van der Waals surface area contributed by atoms with Gasteiger partial charge in [-0.3, -0.25) is 4.79 Å². The number of aryl methyl sites for hydroxylation is 1. The van der Waals surface area contributed by atoms with Crippen LogP contribution in [0.5, 0.6) is 0 Å². The van der Waals surface area contributed by atoms with E-state index in [4.69, 9.17) is 10.5 Å². The van der Waals surface area contributed by atoms with Gasteiger partial charge in [-0.1, -0.05) is 29.8 Å². The molecule has 1 aromatic rings. The summed E-state index contributed by atoms with van der Waals surface area (Å²) in [7, 11) is 0. The molecule has 1 amide bonds. The van der Waals surface area contributed by atoms with E-state index in [1.54, 1.807) is 0 Å². The summed E-state index contributed by atoms with van der Waals surface area (Å²) < 4.78 is 5.88. The number of amides is 1. The smallest absolute Gasteiger partial charge is 0.226 e. The number of ether oxygens (including phenoxy) is 1. The molecule has 124 valence electrons. The zero-order valence-electron chi connectivity index (χ0n) is 13.4. The summed E-state index contributed by atoms with van der Waals surface area (Å²) in [6.45, 7) is 5.37. The van der Waals surface area contributed by atoms with Gasteiger partial charge in [-0.25, -0.2) is 0 Å². The number of halogens is 1. The zero-order valence-corrected chi connectivity index (χ0v) is 14.2. The fourth-order valence-electron chi connectivity index (χ4n) is 2.69. The Bertz CT molecular complexity index is 462. The van der Waals surface area contributed by atoms with Crippen molar-refractivity contribution in [1.82, 2.24) is 5.32 Å². The fraction of sp³-hybridized carbons (Fsp3) is 0.588. The van der Waals surface area contributed by atoms with E-state index in [-0.39, 0.29) is 36.4 Å². The van der Waals surface area contributed by atoms with Gasteiger partial charge in [0.25, 0.3) is 0 Å². The van der Waals surface area contributed by atoms with Crippen molar-refractivity contribution in [2.24, 2.45) is 11.7 Å². The van der Waals surface area contributed by atoms with Crippen molar-refractivity contribution >= 4 is 18.3 Å². The Balaban J connectivity index is 0.00000242. The predicted molar refractivity (Wildman–Crippen MR) is 91.1 cm³/mol. The Hall–Kier alpha value is -1.10. The van der Waals surface area contributed by atoms with Crippen molar-refractivity contribution in [3.8, 4) is 0 Å². The summed E-state index contributed by atoms with van der Waals surface area (Å²) >= 11 is 0. The summed E-state index contributed by atoms with van der Waals surface area (Å²) in [5.74, 6) is -0.0181. The quantitative estimate of drug-likeness (QED) is 0.874. The average molecular weight is 327 g/mol. The van der Waals surface area contributed by atoms with E-state index >= 15 is 0 Å². The largest absolute Gasteiger partial charge is 0.373 e. The first kappa shape index (κ1) is 18.9. The molecule has 1 saturated heterocycles. The van der Waals surface area contributed by atoms with Gasteiger partial charge in [0.2, 0.25) is 5.91 Å². The number of hydrogen-bond acceptors (Lipinski definition) is 3. The minimum absolute atomic E-state index is 0. The predicted octanol–water partition coefficient (Wildman–Crippen LogP) is 2.74. The summed E-state index contributed by atoms with van der Waals surface area (Å²) in [6, 6.07) is 8.37. The molecule has 3 unspecified atom stereocenters. The summed E-state index contributed by atoms with van der Waals surface area (Å²) in [5, 5.41) is 3.00. The summed E-state index contributed by atoms with van der Waals surface area (Å²) in [4.78, 5) is 12.4.